The Morgan fingerprint density at radius 2 is 2.08 bits per heavy atom. The van der Waals surface area contributed by atoms with Crippen LogP contribution in [-0.4, -0.2) is 6.29 Å². The molecular formula is C10H6N2O. The molecule has 0 fully saturated rings. The van der Waals surface area contributed by atoms with Crippen molar-refractivity contribution in [1.82, 2.24) is 0 Å². The summed E-state index contributed by atoms with van der Waals surface area (Å²) in [5.41, 5.74) is 1.49. The van der Waals surface area contributed by atoms with Gasteiger partial charge in [-0.1, -0.05) is 6.07 Å². The van der Waals surface area contributed by atoms with Crippen LogP contribution in [0, 0.1) is 22.7 Å². The van der Waals surface area contributed by atoms with E-state index in [0.717, 1.165) is 6.29 Å². The number of carbonyl (C=O) groups excluding carboxylic acids is 1. The van der Waals surface area contributed by atoms with Crippen molar-refractivity contribution >= 4 is 6.29 Å². The molecule has 3 nitrogen and oxygen atoms in total. The van der Waals surface area contributed by atoms with E-state index in [9.17, 15) is 4.79 Å². The van der Waals surface area contributed by atoms with Crippen molar-refractivity contribution in [1.29, 1.82) is 10.5 Å². The van der Waals surface area contributed by atoms with Gasteiger partial charge in [0.25, 0.3) is 0 Å². The summed E-state index contributed by atoms with van der Waals surface area (Å²) in [6.45, 7) is 0. The molecule has 0 aliphatic carbocycles. The van der Waals surface area contributed by atoms with Gasteiger partial charge in [-0.05, 0) is 17.7 Å². The zero-order valence-corrected chi connectivity index (χ0v) is 6.82. The highest BCUT2D eigenvalue weighted by atomic mass is 16.1. The van der Waals surface area contributed by atoms with E-state index in [2.05, 4.69) is 0 Å². The van der Waals surface area contributed by atoms with Crippen LogP contribution in [0.4, 0.5) is 0 Å². The molecule has 0 heterocycles. The highest BCUT2D eigenvalue weighted by Crippen LogP contribution is 2.10. The summed E-state index contributed by atoms with van der Waals surface area (Å²) >= 11 is 0. The second-order valence-electron chi connectivity index (χ2n) is 2.47. The number of carbonyl (C=O) groups is 1. The SMILES string of the molecule is N#Cc1ccc(CC=O)c(C#N)c1. The summed E-state index contributed by atoms with van der Waals surface area (Å²) in [7, 11) is 0. The van der Waals surface area contributed by atoms with Gasteiger partial charge < -0.3 is 4.79 Å². The zero-order valence-electron chi connectivity index (χ0n) is 6.82. The van der Waals surface area contributed by atoms with Gasteiger partial charge in [-0.25, -0.2) is 0 Å². The molecule has 0 atom stereocenters. The minimum atomic E-state index is 0.217. The summed E-state index contributed by atoms with van der Waals surface area (Å²) in [6, 6.07) is 8.59. The molecule has 0 N–H and O–H groups in total. The number of benzene rings is 1. The fourth-order valence-electron chi connectivity index (χ4n) is 1.02. The van der Waals surface area contributed by atoms with E-state index in [1.54, 1.807) is 12.1 Å². The Labute approximate surface area is 75.8 Å². The molecule has 1 aromatic rings. The van der Waals surface area contributed by atoms with Crippen LogP contribution in [0.25, 0.3) is 0 Å². The maximum Gasteiger partial charge on any atom is 0.124 e. The average Bonchev–Trinajstić information content (AvgIpc) is 2.19. The van der Waals surface area contributed by atoms with Crippen molar-refractivity contribution in [3.63, 3.8) is 0 Å². The third-order valence-corrected chi connectivity index (χ3v) is 1.66. The molecule has 13 heavy (non-hydrogen) atoms. The smallest absolute Gasteiger partial charge is 0.124 e. The lowest BCUT2D eigenvalue weighted by Gasteiger charge is -1.98. The molecule has 0 spiro atoms. The molecule has 0 saturated carbocycles. The topological polar surface area (TPSA) is 64.7 Å². The largest absolute Gasteiger partial charge is 0.303 e. The summed E-state index contributed by atoms with van der Waals surface area (Å²) in [6.07, 6.45) is 0.955. The standard InChI is InChI=1S/C10H6N2O/c11-6-8-1-2-9(3-4-13)10(5-8)7-12/h1-2,4-5H,3H2. The van der Waals surface area contributed by atoms with Crippen LogP contribution >= 0.6 is 0 Å². The molecule has 0 aliphatic rings. The fourth-order valence-corrected chi connectivity index (χ4v) is 1.02. The molecule has 3 heteroatoms. The molecule has 1 rings (SSSR count). The van der Waals surface area contributed by atoms with E-state index in [0.29, 0.717) is 16.7 Å². The number of nitriles is 2. The molecule has 0 bridgehead atoms. The minimum absolute atomic E-state index is 0.217. The van der Waals surface area contributed by atoms with E-state index < -0.39 is 0 Å². The lowest BCUT2D eigenvalue weighted by atomic mass is 10.0. The zero-order chi connectivity index (χ0) is 9.68. The Kier molecular flexibility index (Phi) is 2.78. The quantitative estimate of drug-likeness (QED) is 0.626. The van der Waals surface area contributed by atoms with Crippen LogP contribution in [0.2, 0.25) is 0 Å². The van der Waals surface area contributed by atoms with Crippen LogP contribution < -0.4 is 0 Å². The Balaban J connectivity index is 3.19. The maximum atomic E-state index is 10.2. The highest BCUT2D eigenvalue weighted by Gasteiger charge is 2.01. The van der Waals surface area contributed by atoms with E-state index in [1.807, 2.05) is 12.1 Å². The second-order valence-corrected chi connectivity index (χ2v) is 2.47. The number of hydrogen-bond acceptors (Lipinski definition) is 3. The predicted octanol–water partition coefficient (Wildman–Crippen LogP) is 1.17. The van der Waals surface area contributed by atoms with Gasteiger partial charge in [0, 0.05) is 6.42 Å². The van der Waals surface area contributed by atoms with Crippen molar-refractivity contribution in [3.05, 3.63) is 34.9 Å². The molecule has 62 valence electrons. The third-order valence-electron chi connectivity index (χ3n) is 1.66. The van der Waals surface area contributed by atoms with Gasteiger partial charge in [0.1, 0.15) is 6.29 Å². The maximum absolute atomic E-state index is 10.2. The van der Waals surface area contributed by atoms with E-state index in [1.165, 1.54) is 6.07 Å². The van der Waals surface area contributed by atoms with Crippen LogP contribution in [-0.2, 0) is 11.2 Å². The summed E-state index contributed by atoms with van der Waals surface area (Å²) in [4.78, 5) is 10.2. The first-order chi connectivity index (χ1) is 6.31. The normalized spacial score (nSPS) is 8.46. The number of rotatable bonds is 2. The second kappa shape index (κ2) is 4.04. The first kappa shape index (κ1) is 8.96. The number of nitrogens with zero attached hydrogens (tertiary/aromatic N) is 2. The summed E-state index contributed by atoms with van der Waals surface area (Å²) in [5, 5.41) is 17.2. The minimum Gasteiger partial charge on any atom is -0.303 e. The van der Waals surface area contributed by atoms with E-state index in [4.69, 9.17) is 10.5 Å². The van der Waals surface area contributed by atoms with Crippen molar-refractivity contribution in [3.8, 4) is 12.1 Å². The van der Waals surface area contributed by atoms with E-state index >= 15 is 0 Å². The fraction of sp³-hybridized carbons (Fsp3) is 0.100. The highest BCUT2D eigenvalue weighted by molar-refractivity contribution is 5.58. The molecule has 0 aliphatic heterocycles. The van der Waals surface area contributed by atoms with Crippen molar-refractivity contribution in [2.45, 2.75) is 6.42 Å². The Morgan fingerprint density at radius 3 is 2.62 bits per heavy atom. The van der Waals surface area contributed by atoms with Gasteiger partial charge in [-0.3, -0.25) is 0 Å². The van der Waals surface area contributed by atoms with Gasteiger partial charge in [0.15, 0.2) is 0 Å². The third kappa shape index (κ3) is 1.91. The Bertz CT molecular complexity index is 410. The van der Waals surface area contributed by atoms with E-state index in [-0.39, 0.29) is 6.42 Å². The van der Waals surface area contributed by atoms with Crippen molar-refractivity contribution in [2.24, 2.45) is 0 Å². The Morgan fingerprint density at radius 1 is 1.31 bits per heavy atom. The van der Waals surface area contributed by atoms with Crippen LogP contribution in [0.15, 0.2) is 18.2 Å². The van der Waals surface area contributed by atoms with Gasteiger partial charge >= 0.3 is 0 Å². The molecule has 0 radical (unpaired) electrons. The molecule has 0 saturated heterocycles. The van der Waals surface area contributed by atoms with Crippen molar-refractivity contribution in [2.75, 3.05) is 0 Å². The van der Waals surface area contributed by atoms with Gasteiger partial charge in [-0.15, -0.1) is 0 Å². The molecular weight excluding hydrogens is 164 g/mol. The average molecular weight is 170 g/mol. The first-order valence-corrected chi connectivity index (χ1v) is 3.68. The van der Waals surface area contributed by atoms with Gasteiger partial charge in [0.05, 0.1) is 23.3 Å². The predicted molar refractivity (Wildman–Crippen MR) is 45.6 cm³/mol. The first-order valence-electron chi connectivity index (χ1n) is 3.68. The van der Waals surface area contributed by atoms with Gasteiger partial charge in [-0.2, -0.15) is 10.5 Å². The van der Waals surface area contributed by atoms with Crippen LogP contribution in [0.5, 0.6) is 0 Å². The lowest BCUT2D eigenvalue weighted by Crippen LogP contribution is -1.91. The Hall–Kier alpha value is -2.13. The molecule has 0 aromatic heterocycles. The monoisotopic (exact) mass is 170 g/mol. The molecule has 0 unspecified atom stereocenters. The lowest BCUT2D eigenvalue weighted by molar-refractivity contribution is -0.107. The van der Waals surface area contributed by atoms with Gasteiger partial charge in [0.2, 0.25) is 0 Å². The number of hydrogen-bond donors (Lipinski definition) is 0. The van der Waals surface area contributed by atoms with Crippen LogP contribution in [0.3, 0.4) is 0 Å². The molecule has 0 amide bonds. The summed E-state index contributed by atoms with van der Waals surface area (Å²) in [5.74, 6) is 0. The van der Waals surface area contributed by atoms with Crippen molar-refractivity contribution < 1.29 is 4.79 Å². The van der Waals surface area contributed by atoms with Crippen LogP contribution in [0.1, 0.15) is 16.7 Å². The summed E-state index contributed by atoms with van der Waals surface area (Å²) < 4.78 is 0. The number of aldehydes is 1. The molecule has 1 aromatic carbocycles.